The first-order chi connectivity index (χ1) is 31.2. The van der Waals surface area contributed by atoms with Crippen LogP contribution in [0.4, 0.5) is 5.69 Å². The fraction of sp³-hybridized carbons (Fsp3) is 0.0323. The van der Waals surface area contributed by atoms with Crippen molar-refractivity contribution in [2.45, 2.75) is 12.5 Å². The molecule has 0 aliphatic carbocycles. The summed E-state index contributed by atoms with van der Waals surface area (Å²) in [5, 5.41) is 10.00. The SMILES string of the molecule is C1=C(c2ccccc2)N(c2ccc3c(-c4ccc(-c5ccc6ccccc6c5)cc4)c4ccccc4c(-c4ccc(-c5ccc6ccccc6c5)cc4)c3c2)C(c2ccccc2)C1. The highest BCUT2D eigenvalue weighted by molar-refractivity contribution is 6.22. The molecule has 1 heteroatoms. The Hall–Kier alpha value is -8.00. The van der Waals surface area contributed by atoms with Crippen LogP contribution in [0.1, 0.15) is 23.6 Å². The zero-order valence-corrected chi connectivity index (χ0v) is 34.8. The zero-order chi connectivity index (χ0) is 41.7. The van der Waals surface area contributed by atoms with Crippen LogP contribution < -0.4 is 4.90 Å². The lowest BCUT2D eigenvalue weighted by Gasteiger charge is -2.31. The molecule has 296 valence electrons. The number of nitrogens with zero attached hydrogens (tertiary/aromatic N) is 1. The second-order valence-corrected chi connectivity index (χ2v) is 16.8. The number of hydrogen-bond acceptors (Lipinski definition) is 1. The summed E-state index contributed by atoms with van der Waals surface area (Å²) in [5.41, 5.74) is 14.8. The van der Waals surface area contributed by atoms with Crippen LogP contribution in [0.15, 0.2) is 243 Å². The Kier molecular flexibility index (Phi) is 9.04. The van der Waals surface area contributed by atoms with Crippen LogP contribution in [-0.4, -0.2) is 0 Å². The molecule has 0 bridgehead atoms. The Bertz CT molecular complexity index is 3510. The summed E-state index contributed by atoms with van der Waals surface area (Å²) in [7, 11) is 0. The molecule has 1 unspecified atom stereocenters. The van der Waals surface area contributed by atoms with Gasteiger partial charge in [-0.2, -0.15) is 0 Å². The molecule has 1 heterocycles. The van der Waals surface area contributed by atoms with Gasteiger partial charge in [-0.25, -0.2) is 0 Å². The average Bonchev–Trinajstić information content (AvgIpc) is 3.81. The molecule has 0 saturated carbocycles. The van der Waals surface area contributed by atoms with E-state index in [0.29, 0.717) is 0 Å². The third-order valence-electron chi connectivity index (χ3n) is 13.2. The Morgan fingerprint density at radius 2 is 0.746 bits per heavy atom. The average molecular weight is 802 g/mol. The maximum atomic E-state index is 2.57. The molecule has 0 spiro atoms. The van der Waals surface area contributed by atoms with Crippen LogP contribution in [0.2, 0.25) is 0 Å². The van der Waals surface area contributed by atoms with Crippen molar-refractivity contribution in [1.82, 2.24) is 0 Å². The van der Waals surface area contributed by atoms with Gasteiger partial charge in [-0.3, -0.25) is 0 Å². The van der Waals surface area contributed by atoms with Crippen molar-refractivity contribution in [2.75, 3.05) is 4.90 Å². The van der Waals surface area contributed by atoms with Gasteiger partial charge in [-0.15, -0.1) is 0 Å². The highest BCUT2D eigenvalue weighted by atomic mass is 15.2. The first kappa shape index (κ1) is 36.8. The van der Waals surface area contributed by atoms with Crippen molar-refractivity contribution in [3.8, 4) is 44.5 Å². The van der Waals surface area contributed by atoms with Crippen LogP contribution in [0.3, 0.4) is 0 Å². The van der Waals surface area contributed by atoms with Crippen molar-refractivity contribution >= 4 is 54.5 Å². The van der Waals surface area contributed by atoms with Gasteiger partial charge in [0, 0.05) is 11.4 Å². The van der Waals surface area contributed by atoms with Gasteiger partial charge in [0.15, 0.2) is 0 Å². The monoisotopic (exact) mass is 801 g/mol. The molecule has 1 aliphatic rings. The highest BCUT2D eigenvalue weighted by Gasteiger charge is 2.30. The number of fused-ring (bicyclic) bond motifs is 4. The third-order valence-corrected chi connectivity index (χ3v) is 13.2. The van der Waals surface area contributed by atoms with Crippen molar-refractivity contribution in [1.29, 1.82) is 0 Å². The molecule has 0 saturated heterocycles. The fourth-order valence-electron chi connectivity index (χ4n) is 10.1. The minimum Gasteiger partial charge on any atom is -0.333 e. The van der Waals surface area contributed by atoms with Crippen LogP contribution in [0, 0.1) is 0 Å². The molecule has 1 nitrogen and oxygen atoms in total. The molecular weight excluding hydrogens is 759 g/mol. The predicted octanol–water partition coefficient (Wildman–Crippen LogP) is 17.0. The Morgan fingerprint density at radius 1 is 0.302 bits per heavy atom. The summed E-state index contributed by atoms with van der Waals surface area (Å²) in [6.45, 7) is 0. The van der Waals surface area contributed by atoms with E-state index in [4.69, 9.17) is 0 Å². The summed E-state index contributed by atoms with van der Waals surface area (Å²) in [6, 6.07) is 87.5. The molecule has 0 radical (unpaired) electrons. The maximum Gasteiger partial charge on any atom is 0.0626 e. The molecule has 0 aromatic heterocycles. The van der Waals surface area contributed by atoms with Gasteiger partial charge in [0.1, 0.15) is 0 Å². The summed E-state index contributed by atoms with van der Waals surface area (Å²) >= 11 is 0. The largest absolute Gasteiger partial charge is 0.333 e. The number of hydrogen-bond donors (Lipinski definition) is 0. The Balaban J connectivity index is 1.06. The lowest BCUT2D eigenvalue weighted by molar-refractivity contribution is 0.749. The first-order valence-electron chi connectivity index (χ1n) is 22.0. The van der Waals surface area contributed by atoms with Crippen LogP contribution in [-0.2, 0) is 0 Å². The van der Waals surface area contributed by atoms with Gasteiger partial charge >= 0.3 is 0 Å². The van der Waals surface area contributed by atoms with E-state index in [0.717, 1.165) is 6.42 Å². The molecule has 0 fully saturated rings. The predicted molar refractivity (Wildman–Crippen MR) is 269 cm³/mol. The number of anilines is 1. The molecule has 0 N–H and O–H groups in total. The summed E-state index contributed by atoms with van der Waals surface area (Å²) in [5.74, 6) is 0. The zero-order valence-electron chi connectivity index (χ0n) is 34.8. The molecule has 1 atom stereocenters. The van der Waals surface area contributed by atoms with Crippen molar-refractivity contribution in [3.05, 3.63) is 254 Å². The van der Waals surface area contributed by atoms with E-state index in [2.05, 4.69) is 248 Å². The van der Waals surface area contributed by atoms with Crippen molar-refractivity contribution < 1.29 is 0 Å². The van der Waals surface area contributed by atoms with E-state index in [-0.39, 0.29) is 6.04 Å². The topological polar surface area (TPSA) is 3.24 Å². The van der Waals surface area contributed by atoms with Gasteiger partial charge in [-0.1, -0.05) is 218 Å². The van der Waals surface area contributed by atoms with E-state index in [1.54, 1.807) is 0 Å². The number of rotatable bonds is 7. The Labute approximate surface area is 368 Å². The van der Waals surface area contributed by atoms with Crippen molar-refractivity contribution in [2.24, 2.45) is 0 Å². The molecule has 0 amide bonds. The van der Waals surface area contributed by atoms with E-state index in [1.165, 1.54) is 110 Å². The first-order valence-corrected chi connectivity index (χ1v) is 22.0. The normalized spacial score (nSPS) is 13.9. The summed E-state index contributed by atoms with van der Waals surface area (Å²) in [4.78, 5) is 2.57. The van der Waals surface area contributed by atoms with Gasteiger partial charge in [0.2, 0.25) is 0 Å². The van der Waals surface area contributed by atoms with Gasteiger partial charge in [0.25, 0.3) is 0 Å². The van der Waals surface area contributed by atoms with Crippen LogP contribution in [0.25, 0.3) is 93.3 Å². The smallest absolute Gasteiger partial charge is 0.0626 e. The standard InChI is InChI=1S/C62H43N/c1-3-15-46(16-4-1)59-37-38-60(47-17-5-2-6-18-47)63(59)54-35-36-57-58(41-54)62(49-31-25-45(26-32-49)53-34-28-43-14-8-10-20-51(43)40-53)56-22-12-11-21-55(56)61(57)48-29-23-44(24-30-48)52-33-27-42-13-7-9-19-50(42)39-52/h1-37,39-41,60H,38H2. The highest BCUT2D eigenvalue weighted by Crippen LogP contribution is 2.48. The summed E-state index contributed by atoms with van der Waals surface area (Å²) < 4.78 is 0. The second-order valence-electron chi connectivity index (χ2n) is 16.8. The minimum absolute atomic E-state index is 0.172. The van der Waals surface area contributed by atoms with Gasteiger partial charge < -0.3 is 4.90 Å². The van der Waals surface area contributed by atoms with Crippen molar-refractivity contribution in [3.63, 3.8) is 0 Å². The second kappa shape index (κ2) is 15.5. The molecule has 12 rings (SSSR count). The van der Waals surface area contributed by atoms with Crippen LogP contribution >= 0.6 is 0 Å². The summed E-state index contributed by atoms with van der Waals surface area (Å²) in [6.07, 6.45) is 3.36. The quantitative estimate of drug-likeness (QED) is 0.145. The number of benzene rings is 11. The molecular formula is C62H43N. The minimum atomic E-state index is 0.172. The van der Waals surface area contributed by atoms with E-state index >= 15 is 0 Å². The molecule has 63 heavy (non-hydrogen) atoms. The molecule has 11 aromatic rings. The van der Waals surface area contributed by atoms with Crippen LogP contribution in [0.5, 0.6) is 0 Å². The fourth-order valence-corrected chi connectivity index (χ4v) is 10.1. The van der Waals surface area contributed by atoms with E-state index < -0.39 is 0 Å². The lowest BCUT2D eigenvalue weighted by atomic mass is 9.85. The maximum absolute atomic E-state index is 2.57. The third kappa shape index (κ3) is 6.58. The van der Waals surface area contributed by atoms with E-state index in [1.807, 2.05) is 0 Å². The molecule has 1 aliphatic heterocycles. The van der Waals surface area contributed by atoms with Gasteiger partial charge in [-0.05, 0) is 129 Å². The Morgan fingerprint density at radius 3 is 1.32 bits per heavy atom. The van der Waals surface area contributed by atoms with Gasteiger partial charge in [0.05, 0.1) is 6.04 Å². The van der Waals surface area contributed by atoms with E-state index in [9.17, 15) is 0 Å². The molecule has 11 aromatic carbocycles. The lowest BCUT2D eigenvalue weighted by Crippen LogP contribution is -2.22.